The molecule has 6 nitrogen and oxygen atoms in total. The number of nitro benzene ring substituents is 1. The Labute approximate surface area is 135 Å². The average molecular weight is 334 g/mol. The first kappa shape index (κ1) is 17.0. The zero-order valence-corrected chi connectivity index (χ0v) is 14.0. The van der Waals surface area contributed by atoms with E-state index >= 15 is 0 Å². The molecule has 0 saturated heterocycles. The summed E-state index contributed by atoms with van der Waals surface area (Å²) < 4.78 is 23.5. The van der Waals surface area contributed by atoms with E-state index in [0.717, 1.165) is 5.56 Å². The van der Waals surface area contributed by atoms with Crippen LogP contribution in [-0.4, -0.2) is 19.6 Å². The van der Waals surface area contributed by atoms with E-state index in [4.69, 9.17) is 0 Å². The molecule has 0 aliphatic heterocycles. The molecule has 1 N–H and O–H groups in total. The molecule has 0 bridgehead atoms. The lowest BCUT2D eigenvalue weighted by Gasteiger charge is -2.10. The molecule has 7 heteroatoms. The van der Waals surface area contributed by atoms with Gasteiger partial charge >= 0.3 is 0 Å². The van der Waals surface area contributed by atoms with Gasteiger partial charge in [-0.05, 0) is 37.1 Å². The van der Waals surface area contributed by atoms with E-state index in [0.29, 0.717) is 23.4 Å². The van der Waals surface area contributed by atoms with Gasteiger partial charge < -0.3 is 5.32 Å². The van der Waals surface area contributed by atoms with Crippen LogP contribution in [0, 0.1) is 24.0 Å². The Hall–Kier alpha value is -2.41. The molecule has 0 spiro atoms. The number of hydrogen-bond donors (Lipinski definition) is 1. The maximum absolute atomic E-state index is 11.7. The topological polar surface area (TPSA) is 89.3 Å². The molecule has 0 heterocycles. The van der Waals surface area contributed by atoms with Crippen LogP contribution in [0.2, 0.25) is 0 Å². The van der Waals surface area contributed by atoms with E-state index in [1.165, 1.54) is 12.3 Å². The SMILES string of the molecule is Cc1ccc(CNc2ccc(C)c(S(C)(=O)=O)c2)cc1[N+](=O)[O-]. The highest BCUT2D eigenvalue weighted by molar-refractivity contribution is 7.90. The fraction of sp³-hybridized carbons (Fsp3) is 0.250. The lowest BCUT2D eigenvalue weighted by molar-refractivity contribution is -0.385. The second-order valence-corrected chi connectivity index (χ2v) is 7.47. The van der Waals surface area contributed by atoms with E-state index in [9.17, 15) is 18.5 Å². The Morgan fingerprint density at radius 1 is 1.09 bits per heavy atom. The normalized spacial score (nSPS) is 11.3. The van der Waals surface area contributed by atoms with Gasteiger partial charge in [0, 0.05) is 30.1 Å². The van der Waals surface area contributed by atoms with Gasteiger partial charge in [0.25, 0.3) is 5.69 Å². The van der Waals surface area contributed by atoms with Gasteiger partial charge in [0.2, 0.25) is 0 Å². The predicted molar refractivity (Wildman–Crippen MR) is 89.4 cm³/mol. The molecule has 0 fully saturated rings. The second kappa shape index (κ2) is 6.37. The number of sulfone groups is 1. The lowest BCUT2D eigenvalue weighted by atomic mass is 10.1. The summed E-state index contributed by atoms with van der Waals surface area (Å²) in [6.07, 6.45) is 1.17. The van der Waals surface area contributed by atoms with Crippen molar-refractivity contribution in [3.05, 3.63) is 63.2 Å². The van der Waals surface area contributed by atoms with E-state index in [1.807, 2.05) is 0 Å². The number of nitrogens with one attached hydrogen (secondary N) is 1. The summed E-state index contributed by atoms with van der Waals surface area (Å²) in [5, 5.41) is 14.1. The van der Waals surface area contributed by atoms with Crippen LogP contribution in [0.4, 0.5) is 11.4 Å². The van der Waals surface area contributed by atoms with Crippen LogP contribution in [0.25, 0.3) is 0 Å². The Morgan fingerprint density at radius 2 is 1.74 bits per heavy atom. The fourth-order valence-corrected chi connectivity index (χ4v) is 3.27. The van der Waals surface area contributed by atoms with Crippen molar-refractivity contribution >= 4 is 21.2 Å². The zero-order chi connectivity index (χ0) is 17.2. The van der Waals surface area contributed by atoms with Crippen molar-refractivity contribution in [3.8, 4) is 0 Å². The van der Waals surface area contributed by atoms with Gasteiger partial charge in [-0.25, -0.2) is 8.42 Å². The minimum Gasteiger partial charge on any atom is -0.381 e. The first-order valence-electron chi connectivity index (χ1n) is 6.97. The summed E-state index contributed by atoms with van der Waals surface area (Å²) in [7, 11) is -3.29. The molecular formula is C16H18N2O4S. The lowest BCUT2D eigenvalue weighted by Crippen LogP contribution is -2.04. The summed E-state index contributed by atoms with van der Waals surface area (Å²) >= 11 is 0. The fourth-order valence-electron chi connectivity index (χ4n) is 2.28. The molecule has 2 rings (SSSR count). The minimum absolute atomic E-state index is 0.0741. The third kappa shape index (κ3) is 4.07. The van der Waals surface area contributed by atoms with Crippen LogP contribution >= 0.6 is 0 Å². The summed E-state index contributed by atoms with van der Waals surface area (Å²) in [5.74, 6) is 0. The van der Waals surface area contributed by atoms with Crippen molar-refractivity contribution in [2.24, 2.45) is 0 Å². The van der Waals surface area contributed by atoms with Crippen LogP contribution in [0.3, 0.4) is 0 Å². The molecule has 0 unspecified atom stereocenters. The molecule has 0 aliphatic carbocycles. The maximum atomic E-state index is 11.7. The third-order valence-electron chi connectivity index (χ3n) is 3.55. The van der Waals surface area contributed by atoms with E-state index < -0.39 is 14.8 Å². The minimum atomic E-state index is -3.29. The second-order valence-electron chi connectivity index (χ2n) is 5.48. The van der Waals surface area contributed by atoms with Gasteiger partial charge in [-0.1, -0.05) is 18.2 Å². The molecule has 0 aliphatic rings. The number of anilines is 1. The van der Waals surface area contributed by atoms with Crippen molar-refractivity contribution in [2.75, 3.05) is 11.6 Å². The molecule has 0 saturated carbocycles. The molecule has 0 amide bonds. The van der Waals surface area contributed by atoms with Gasteiger partial charge in [0.15, 0.2) is 9.84 Å². The zero-order valence-electron chi connectivity index (χ0n) is 13.2. The van der Waals surface area contributed by atoms with Crippen LogP contribution in [0.1, 0.15) is 16.7 Å². The average Bonchev–Trinajstić information content (AvgIpc) is 2.46. The number of benzene rings is 2. The molecule has 23 heavy (non-hydrogen) atoms. The van der Waals surface area contributed by atoms with Crippen LogP contribution in [0.5, 0.6) is 0 Å². The van der Waals surface area contributed by atoms with E-state index in [-0.39, 0.29) is 10.6 Å². The first-order valence-corrected chi connectivity index (χ1v) is 8.86. The smallest absolute Gasteiger partial charge is 0.272 e. The van der Waals surface area contributed by atoms with Gasteiger partial charge in [-0.15, -0.1) is 0 Å². The van der Waals surface area contributed by atoms with Crippen molar-refractivity contribution in [3.63, 3.8) is 0 Å². The van der Waals surface area contributed by atoms with Crippen molar-refractivity contribution in [1.82, 2.24) is 0 Å². The van der Waals surface area contributed by atoms with Crippen molar-refractivity contribution < 1.29 is 13.3 Å². The number of nitro groups is 1. The van der Waals surface area contributed by atoms with Crippen LogP contribution in [0.15, 0.2) is 41.3 Å². The first-order chi connectivity index (χ1) is 10.7. The highest BCUT2D eigenvalue weighted by Gasteiger charge is 2.13. The standard InChI is InChI=1S/C16H18N2O4S/c1-11-4-6-13(8-15(11)18(19)20)10-17-14-7-5-12(2)16(9-14)23(3,21)22/h4-9,17H,10H2,1-3H3. The van der Waals surface area contributed by atoms with Crippen molar-refractivity contribution in [1.29, 1.82) is 0 Å². The monoisotopic (exact) mass is 334 g/mol. The van der Waals surface area contributed by atoms with E-state index in [2.05, 4.69) is 5.32 Å². The summed E-state index contributed by atoms with van der Waals surface area (Å²) in [4.78, 5) is 10.8. The Balaban J connectivity index is 2.22. The van der Waals surface area contributed by atoms with Gasteiger partial charge in [0.1, 0.15) is 0 Å². The number of rotatable bonds is 5. The number of aryl methyl sites for hydroxylation is 2. The highest BCUT2D eigenvalue weighted by Crippen LogP contribution is 2.22. The largest absolute Gasteiger partial charge is 0.381 e. The Kier molecular flexibility index (Phi) is 4.70. The predicted octanol–water partition coefficient (Wildman–Crippen LogP) is 3.23. The molecule has 2 aromatic carbocycles. The maximum Gasteiger partial charge on any atom is 0.272 e. The van der Waals surface area contributed by atoms with Crippen molar-refractivity contribution in [2.45, 2.75) is 25.3 Å². The molecule has 122 valence electrons. The summed E-state index contributed by atoms with van der Waals surface area (Å²) in [6.45, 7) is 3.80. The molecular weight excluding hydrogens is 316 g/mol. The third-order valence-corrected chi connectivity index (χ3v) is 4.79. The van der Waals surface area contributed by atoms with E-state index in [1.54, 1.807) is 44.2 Å². The number of nitrogens with zero attached hydrogens (tertiary/aromatic N) is 1. The van der Waals surface area contributed by atoms with Crippen LogP contribution in [-0.2, 0) is 16.4 Å². The van der Waals surface area contributed by atoms with Gasteiger partial charge in [0.05, 0.1) is 9.82 Å². The van der Waals surface area contributed by atoms with Crippen LogP contribution < -0.4 is 5.32 Å². The quantitative estimate of drug-likeness (QED) is 0.670. The highest BCUT2D eigenvalue weighted by atomic mass is 32.2. The summed E-state index contributed by atoms with van der Waals surface area (Å²) in [5.41, 5.74) is 2.77. The molecule has 0 aromatic heterocycles. The van der Waals surface area contributed by atoms with Gasteiger partial charge in [-0.2, -0.15) is 0 Å². The molecule has 0 radical (unpaired) electrons. The Bertz CT molecular complexity index is 860. The molecule has 0 atom stereocenters. The Morgan fingerprint density at radius 3 is 2.35 bits per heavy atom. The number of hydrogen-bond acceptors (Lipinski definition) is 5. The molecule has 2 aromatic rings. The summed E-state index contributed by atoms with van der Waals surface area (Å²) in [6, 6.07) is 10.1. The van der Waals surface area contributed by atoms with Gasteiger partial charge in [-0.3, -0.25) is 10.1 Å².